The Hall–Kier alpha value is -1.15. The standard InChI is InChI=1S/C17H22O3S/c1-13-17(8-10-20-13)21-12-14-6-7-16(19-2)15(11-14)5-3-4-9-18/h6-7,11,13,17-18H,4,8-10,12H2,1-2H3. The molecule has 1 aromatic rings. The molecule has 1 saturated heterocycles. The summed E-state index contributed by atoms with van der Waals surface area (Å²) in [6.07, 6.45) is 1.96. The van der Waals surface area contributed by atoms with Crippen molar-refractivity contribution in [3.05, 3.63) is 29.3 Å². The van der Waals surface area contributed by atoms with E-state index in [1.807, 2.05) is 17.8 Å². The van der Waals surface area contributed by atoms with Gasteiger partial charge < -0.3 is 14.6 Å². The summed E-state index contributed by atoms with van der Waals surface area (Å²) in [5, 5.41) is 9.39. The summed E-state index contributed by atoms with van der Waals surface area (Å²) < 4.78 is 10.9. The summed E-state index contributed by atoms with van der Waals surface area (Å²) in [5.74, 6) is 7.76. The highest BCUT2D eigenvalue weighted by Gasteiger charge is 2.24. The van der Waals surface area contributed by atoms with Crippen LogP contribution in [0, 0.1) is 11.8 Å². The molecule has 1 aliphatic heterocycles. The van der Waals surface area contributed by atoms with Crippen molar-refractivity contribution in [3.63, 3.8) is 0 Å². The van der Waals surface area contributed by atoms with E-state index in [0.717, 1.165) is 30.1 Å². The zero-order valence-electron chi connectivity index (χ0n) is 12.6. The number of thioether (sulfide) groups is 1. The van der Waals surface area contributed by atoms with Gasteiger partial charge in [-0.25, -0.2) is 0 Å². The third kappa shape index (κ3) is 4.67. The van der Waals surface area contributed by atoms with Crippen molar-refractivity contribution >= 4 is 11.8 Å². The maximum Gasteiger partial charge on any atom is 0.134 e. The van der Waals surface area contributed by atoms with Crippen molar-refractivity contribution in [1.82, 2.24) is 0 Å². The number of rotatable bonds is 5. The predicted molar refractivity (Wildman–Crippen MR) is 86.7 cm³/mol. The lowest BCUT2D eigenvalue weighted by Gasteiger charge is -2.14. The molecule has 1 aromatic carbocycles. The van der Waals surface area contributed by atoms with Crippen molar-refractivity contribution in [1.29, 1.82) is 0 Å². The van der Waals surface area contributed by atoms with Gasteiger partial charge in [-0.15, -0.1) is 0 Å². The highest BCUT2D eigenvalue weighted by atomic mass is 32.2. The van der Waals surface area contributed by atoms with Crippen molar-refractivity contribution in [3.8, 4) is 17.6 Å². The van der Waals surface area contributed by atoms with E-state index in [-0.39, 0.29) is 6.61 Å². The molecule has 0 spiro atoms. The van der Waals surface area contributed by atoms with Crippen LogP contribution in [-0.4, -0.2) is 36.8 Å². The Kier molecular flexibility index (Phi) is 6.44. The van der Waals surface area contributed by atoms with Crippen LogP contribution >= 0.6 is 11.8 Å². The third-order valence-electron chi connectivity index (χ3n) is 3.49. The number of hydrogen-bond donors (Lipinski definition) is 1. The van der Waals surface area contributed by atoms with Crippen molar-refractivity contribution in [2.45, 2.75) is 36.9 Å². The molecule has 2 atom stereocenters. The van der Waals surface area contributed by atoms with Gasteiger partial charge in [0.25, 0.3) is 0 Å². The Morgan fingerprint density at radius 3 is 3.00 bits per heavy atom. The highest BCUT2D eigenvalue weighted by Crippen LogP contribution is 2.30. The second kappa shape index (κ2) is 8.33. The molecule has 4 heteroatoms. The molecule has 114 valence electrons. The quantitative estimate of drug-likeness (QED) is 0.849. The van der Waals surface area contributed by atoms with Crippen LogP contribution in [-0.2, 0) is 10.5 Å². The van der Waals surface area contributed by atoms with Gasteiger partial charge >= 0.3 is 0 Å². The van der Waals surface area contributed by atoms with Gasteiger partial charge in [-0.3, -0.25) is 0 Å². The molecular weight excluding hydrogens is 284 g/mol. The molecule has 0 saturated carbocycles. The van der Waals surface area contributed by atoms with E-state index in [0.29, 0.717) is 17.8 Å². The van der Waals surface area contributed by atoms with E-state index >= 15 is 0 Å². The number of aliphatic hydroxyl groups is 1. The molecule has 0 amide bonds. The van der Waals surface area contributed by atoms with Crippen LogP contribution in [0.4, 0.5) is 0 Å². The fraction of sp³-hybridized carbons (Fsp3) is 0.529. The Balaban J connectivity index is 2.03. The van der Waals surface area contributed by atoms with Crippen molar-refractivity contribution in [2.24, 2.45) is 0 Å². The normalized spacial score (nSPS) is 20.9. The van der Waals surface area contributed by atoms with Crippen LogP contribution in [0.25, 0.3) is 0 Å². The largest absolute Gasteiger partial charge is 0.495 e. The lowest BCUT2D eigenvalue weighted by atomic mass is 10.1. The first kappa shape index (κ1) is 16.2. The summed E-state index contributed by atoms with van der Waals surface area (Å²) in [4.78, 5) is 0. The van der Waals surface area contributed by atoms with Crippen LogP contribution in [0.2, 0.25) is 0 Å². The minimum absolute atomic E-state index is 0.0877. The zero-order chi connectivity index (χ0) is 15.1. The molecule has 0 aliphatic carbocycles. The summed E-state index contributed by atoms with van der Waals surface area (Å²) in [6, 6.07) is 6.13. The molecule has 1 fully saturated rings. The Morgan fingerprint density at radius 2 is 2.33 bits per heavy atom. The Bertz CT molecular complexity index is 519. The topological polar surface area (TPSA) is 38.7 Å². The van der Waals surface area contributed by atoms with Crippen LogP contribution < -0.4 is 4.74 Å². The maximum atomic E-state index is 8.81. The van der Waals surface area contributed by atoms with Crippen LogP contribution in [0.3, 0.4) is 0 Å². The monoisotopic (exact) mass is 306 g/mol. The highest BCUT2D eigenvalue weighted by molar-refractivity contribution is 7.99. The van der Waals surface area contributed by atoms with Gasteiger partial charge in [-0.05, 0) is 31.0 Å². The fourth-order valence-corrected chi connectivity index (χ4v) is 3.49. The smallest absolute Gasteiger partial charge is 0.134 e. The van der Waals surface area contributed by atoms with Gasteiger partial charge in [0.05, 0.1) is 25.4 Å². The van der Waals surface area contributed by atoms with E-state index in [1.165, 1.54) is 5.56 Å². The van der Waals surface area contributed by atoms with Crippen LogP contribution in [0.1, 0.15) is 30.9 Å². The fourth-order valence-electron chi connectivity index (χ4n) is 2.29. The molecule has 21 heavy (non-hydrogen) atoms. The van der Waals surface area contributed by atoms with Crippen LogP contribution in [0.15, 0.2) is 18.2 Å². The van der Waals surface area contributed by atoms with Gasteiger partial charge in [0, 0.05) is 24.0 Å². The number of benzene rings is 1. The molecule has 2 rings (SSSR count). The van der Waals surface area contributed by atoms with E-state index in [4.69, 9.17) is 14.6 Å². The van der Waals surface area contributed by atoms with E-state index < -0.39 is 0 Å². The number of hydrogen-bond acceptors (Lipinski definition) is 4. The molecule has 2 unspecified atom stereocenters. The van der Waals surface area contributed by atoms with Crippen LogP contribution in [0.5, 0.6) is 5.75 Å². The molecule has 0 bridgehead atoms. The molecular formula is C17H22O3S. The van der Waals surface area contributed by atoms with Gasteiger partial charge in [-0.2, -0.15) is 11.8 Å². The minimum Gasteiger partial charge on any atom is -0.495 e. The van der Waals surface area contributed by atoms with Crippen molar-refractivity contribution in [2.75, 3.05) is 20.3 Å². The van der Waals surface area contributed by atoms with Gasteiger partial charge in [0.2, 0.25) is 0 Å². The first-order chi connectivity index (χ1) is 10.2. The number of aliphatic hydroxyl groups excluding tert-OH is 1. The molecule has 1 aliphatic rings. The maximum absolute atomic E-state index is 8.81. The molecule has 1 heterocycles. The van der Waals surface area contributed by atoms with Gasteiger partial charge in [0.1, 0.15) is 5.75 Å². The zero-order valence-corrected chi connectivity index (χ0v) is 13.4. The molecule has 3 nitrogen and oxygen atoms in total. The SMILES string of the molecule is COc1ccc(CSC2CCOC2C)cc1C#CCCO. The summed E-state index contributed by atoms with van der Waals surface area (Å²) in [5.41, 5.74) is 2.13. The second-order valence-corrected chi connectivity index (χ2v) is 6.25. The lowest BCUT2D eigenvalue weighted by molar-refractivity contribution is 0.127. The Morgan fingerprint density at radius 1 is 1.48 bits per heavy atom. The molecule has 0 aromatic heterocycles. The molecule has 1 N–H and O–H groups in total. The van der Waals surface area contributed by atoms with E-state index in [9.17, 15) is 0 Å². The third-order valence-corrected chi connectivity index (χ3v) is 5.04. The average Bonchev–Trinajstić information content (AvgIpc) is 2.91. The van der Waals surface area contributed by atoms with Crippen molar-refractivity contribution < 1.29 is 14.6 Å². The van der Waals surface area contributed by atoms with Gasteiger partial charge in [-0.1, -0.05) is 17.9 Å². The van der Waals surface area contributed by atoms with E-state index in [2.05, 4.69) is 30.9 Å². The summed E-state index contributed by atoms with van der Waals surface area (Å²) in [6.45, 7) is 3.11. The number of methoxy groups -OCH3 is 1. The first-order valence-corrected chi connectivity index (χ1v) is 8.29. The summed E-state index contributed by atoms with van der Waals surface area (Å²) >= 11 is 1.94. The molecule has 0 radical (unpaired) electrons. The average molecular weight is 306 g/mol. The second-order valence-electron chi connectivity index (χ2n) is 5.02. The lowest BCUT2D eigenvalue weighted by Crippen LogP contribution is -2.13. The van der Waals surface area contributed by atoms with E-state index in [1.54, 1.807) is 7.11 Å². The minimum atomic E-state index is 0.0877. The Labute approximate surface area is 131 Å². The first-order valence-electron chi connectivity index (χ1n) is 7.24. The van der Waals surface area contributed by atoms with Gasteiger partial charge in [0.15, 0.2) is 0 Å². The summed E-state index contributed by atoms with van der Waals surface area (Å²) in [7, 11) is 1.65. The predicted octanol–water partition coefficient (Wildman–Crippen LogP) is 2.84. The number of ether oxygens (including phenoxy) is 2.